The lowest BCUT2D eigenvalue weighted by Gasteiger charge is -2.13. The number of halogens is 2. The van der Waals surface area contributed by atoms with Crippen molar-refractivity contribution in [3.8, 4) is 5.75 Å². The number of nitrogens with one attached hydrogen (secondary N) is 1. The fourth-order valence-electron chi connectivity index (χ4n) is 2.94. The molecular weight excluding hydrogens is 423 g/mol. The summed E-state index contributed by atoms with van der Waals surface area (Å²) in [6, 6.07) is 21.3. The van der Waals surface area contributed by atoms with Gasteiger partial charge in [-0.2, -0.15) is 0 Å². The van der Waals surface area contributed by atoms with E-state index in [0.29, 0.717) is 33.7 Å². The van der Waals surface area contributed by atoms with Crippen molar-refractivity contribution in [2.45, 2.75) is 6.61 Å². The van der Waals surface area contributed by atoms with E-state index in [0.717, 1.165) is 5.56 Å². The van der Waals surface area contributed by atoms with E-state index in [4.69, 9.17) is 27.9 Å². The lowest BCUT2D eigenvalue weighted by Crippen LogP contribution is -2.35. The van der Waals surface area contributed by atoms with Crippen molar-refractivity contribution in [1.29, 1.82) is 0 Å². The van der Waals surface area contributed by atoms with Crippen LogP contribution in [-0.4, -0.2) is 11.8 Å². The summed E-state index contributed by atoms with van der Waals surface area (Å²) in [5, 5.41) is 2.34. The first-order valence-electron chi connectivity index (χ1n) is 9.10. The van der Waals surface area contributed by atoms with Crippen LogP contribution < -0.4 is 15.2 Å². The zero-order chi connectivity index (χ0) is 21.1. The Morgan fingerprint density at radius 3 is 2.37 bits per heavy atom. The Hall–Kier alpha value is -3.28. The van der Waals surface area contributed by atoms with Gasteiger partial charge < -0.3 is 4.74 Å². The maximum atomic E-state index is 12.6. The van der Waals surface area contributed by atoms with Crippen molar-refractivity contribution in [1.82, 2.24) is 5.43 Å². The summed E-state index contributed by atoms with van der Waals surface area (Å²) in [4.78, 5) is 24.9. The lowest BCUT2D eigenvalue weighted by atomic mass is 10.1. The Morgan fingerprint density at radius 1 is 0.933 bits per heavy atom. The highest BCUT2D eigenvalue weighted by Gasteiger charge is 2.34. The van der Waals surface area contributed by atoms with Crippen LogP contribution in [0.15, 0.2) is 78.4 Å². The summed E-state index contributed by atoms with van der Waals surface area (Å²) < 4.78 is 5.75. The fourth-order valence-corrected chi connectivity index (χ4v) is 3.41. The van der Waals surface area contributed by atoms with Gasteiger partial charge in [-0.05, 0) is 48.0 Å². The van der Waals surface area contributed by atoms with Crippen LogP contribution in [-0.2, 0) is 16.2 Å². The Kier molecular flexibility index (Phi) is 5.74. The normalized spacial score (nSPS) is 14.9. The van der Waals surface area contributed by atoms with Crippen molar-refractivity contribution in [2.24, 2.45) is 0 Å². The van der Waals surface area contributed by atoms with Crippen LogP contribution in [0.25, 0.3) is 6.08 Å². The maximum absolute atomic E-state index is 12.6. The van der Waals surface area contributed by atoms with Gasteiger partial charge in [0.2, 0.25) is 0 Å². The van der Waals surface area contributed by atoms with Gasteiger partial charge in [0.15, 0.2) is 0 Å². The van der Waals surface area contributed by atoms with Crippen molar-refractivity contribution in [3.63, 3.8) is 0 Å². The predicted molar refractivity (Wildman–Crippen MR) is 117 cm³/mol. The molecule has 0 atom stereocenters. The number of hydrogen-bond donors (Lipinski definition) is 1. The van der Waals surface area contributed by atoms with Gasteiger partial charge in [-0.1, -0.05) is 59.6 Å². The van der Waals surface area contributed by atoms with Gasteiger partial charge in [0.1, 0.15) is 17.9 Å². The molecule has 0 bridgehead atoms. The lowest BCUT2D eigenvalue weighted by molar-refractivity contribution is -0.117. The molecule has 1 saturated heterocycles. The topological polar surface area (TPSA) is 58.6 Å². The largest absolute Gasteiger partial charge is 0.489 e. The van der Waals surface area contributed by atoms with Gasteiger partial charge in [-0.3, -0.25) is 15.0 Å². The quantitative estimate of drug-likeness (QED) is 0.448. The smallest absolute Gasteiger partial charge is 0.282 e. The molecule has 30 heavy (non-hydrogen) atoms. The molecule has 1 fully saturated rings. The molecule has 0 spiro atoms. The number of carbonyl (C=O) groups excluding carboxylic acids is 2. The predicted octanol–water partition coefficient (Wildman–Crippen LogP) is 5.03. The molecule has 1 aliphatic rings. The average Bonchev–Trinajstić information content (AvgIpc) is 3.03. The molecule has 5 nitrogen and oxygen atoms in total. The summed E-state index contributed by atoms with van der Waals surface area (Å²) in [6.07, 6.45) is 1.56. The number of carbonyl (C=O) groups is 2. The molecule has 0 aliphatic carbocycles. The van der Waals surface area contributed by atoms with Gasteiger partial charge in [-0.15, -0.1) is 0 Å². The van der Waals surface area contributed by atoms with Gasteiger partial charge >= 0.3 is 0 Å². The zero-order valence-corrected chi connectivity index (χ0v) is 17.2. The van der Waals surface area contributed by atoms with Gasteiger partial charge in [0.25, 0.3) is 11.8 Å². The van der Waals surface area contributed by atoms with Crippen LogP contribution in [0.3, 0.4) is 0 Å². The molecule has 7 heteroatoms. The van der Waals surface area contributed by atoms with E-state index < -0.39 is 11.8 Å². The summed E-state index contributed by atoms with van der Waals surface area (Å²) in [6.45, 7) is 0.295. The van der Waals surface area contributed by atoms with E-state index >= 15 is 0 Å². The molecule has 1 heterocycles. The van der Waals surface area contributed by atoms with Crippen LogP contribution in [0.1, 0.15) is 11.1 Å². The Balaban J connectivity index is 1.45. The molecule has 2 amide bonds. The second kappa shape index (κ2) is 8.61. The number of amides is 2. The summed E-state index contributed by atoms with van der Waals surface area (Å²) >= 11 is 12.1. The van der Waals surface area contributed by atoms with E-state index in [9.17, 15) is 9.59 Å². The van der Waals surface area contributed by atoms with E-state index in [2.05, 4.69) is 5.43 Å². The summed E-state index contributed by atoms with van der Waals surface area (Å²) in [7, 11) is 0. The Morgan fingerprint density at radius 2 is 1.67 bits per heavy atom. The fraction of sp³-hybridized carbons (Fsp3) is 0.0435. The molecule has 0 unspecified atom stereocenters. The standard InChI is InChI=1S/C23H16Cl2N2O3/c24-17-9-8-16(21(25)13-17)14-30-19-10-6-15(7-11-19)12-20-22(28)26-27(23(20)29)18-4-2-1-3-5-18/h1-13H,14H2,(H,26,28)/b20-12+. The van der Waals surface area contributed by atoms with E-state index in [-0.39, 0.29) is 5.57 Å². The van der Waals surface area contributed by atoms with Gasteiger partial charge in [0, 0.05) is 15.6 Å². The van der Waals surface area contributed by atoms with E-state index in [1.807, 2.05) is 12.1 Å². The van der Waals surface area contributed by atoms with Crippen LogP contribution in [0.4, 0.5) is 5.69 Å². The molecule has 0 aromatic heterocycles. The first-order chi connectivity index (χ1) is 14.5. The monoisotopic (exact) mass is 438 g/mol. The molecule has 0 saturated carbocycles. The number of hydrazine groups is 1. The molecule has 1 aliphatic heterocycles. The van der Waals surface area contributed by atoms with Crippen molar-refractivity contribution < 1.29 is 14.3 Å². The van der Waals surface area contributed by atoms with E-state index in [1.54, 1.807) is 66.7 Å². The molecule has 0 radical (unpaired) electrons. The third kappa shape index (κ3) is 4.32. The minimum atomic E-state index is -0.443. The SMILES string of the molecule is O=C1NN(c2ccccc2)C(=O)/C1=C/c1ccc(OCc2ccc(Cl)cc2Cl)cc1. The van der Waals surface area contributed by atoms with Crippen molar-refractivity contribution >= 4 is 46.8 Å². The Labute approximate surface area is 183 Å². The highest BCUT2D eigenvalue weighted by Crippen LogP contribution is 2.24. The first kappa shape index (κ1) is 20.0. The first-order valence-corrected chi connectivity index (χ1v) is 9.86. The second-order valence-corrected chi connectivity index (χ2v) is 7.41. The van der Waals surface area contributed by atoms with Gasteiger partial charge in [0.05, 0.1) is 5.69 Å². The molecule has 3 aromatic rings. The maximum Gasteiger partial charge on any atom is 0.282 e. The van der Waals surface area contributed by atoms with Crippen molar-refractivity contribution in [3.05, 3.63) is 99.5 Å². The average molecular weight is 439 g/mol. The number of hydrogen-bond acceptors (Lipinski definition) is 3. The second-order valence-electron chi connectivity index (χ2n) is 6.57. The number of ether oxygens (including phenoxy) is 1. The third-order valence-corrected chi connectivity index (χ3v) is 5.09. The molecule has 150 valence electrons. The minimum absolute atomic E-state index is 0.0699. The number of para-hydroxylation sites is 1. The van der Waals surface area contributed by atoms with Crippen LogP contribution in [0.5, 0.6) is 5.75 Å². The highest BCUT2D eigenvalue weighted by molar-refractivity contribution is 6.35. The van der Waals surface area contributed by atoms with Gasteiger partial charge in [-0.25, -0.2) is 5.01 Å². The third-order valence-electron chi connectivity index (χ3n) is 4.51. The minimum Gasteiger partial charge on any atom is -0.489 e. The van der Waals surface area contributed by atoms with Crippen LogP contribution in [0.2, 0.25) is 10.0 Å². The molecule has 3 aromatic carbocycles. The Bertz CT molecular complexity index is 1130. The molecule has 4 rings (SSSR count). The summed E-state index contributed by atoms with van der Waals surface area (Å²) in [5.41, 5.74) is 4.78. The molecular formula is C23H16Cl2N2O3. The summed E-state index contributed by atoms with van der Waals surface area (Å²) in [5.74, 6) is -0.207. The highest BCUT2D eigenvalue weighted by atomic mass is 35.5. The number of anilines is 1. The van der Waals surface area contributed by atoms with Crippen LogP contribution >= 0.6 is 23.2 Å². The zero-order valence-electron chi connectivity index (χ0n) is 15.6. The van der Waals surface area contributed by atoms with Crippen LogP contribution in [0, 0.1) is 0 Å². The number of rotatable bonds is 5. The van der Waals surface area contributed by atoms with Crippen molar-refractivity contribution in [2.75, 3.05) is 5.01 Å². The number of nitrogens with zero attached hydrogens (tertiary/aromatic N) is 1. The number of benzene rings is 3. The van der Waals surface area contributed by atoms with E-state index in [1.165, 1.54) is 5.01 Å². The molecule has 1 N–H and O–H groups in total.